The lowest BCUT2D eigenvalue weighted by molar-refractivity contribution is 0.0978. The van der Waals surface area contributed by atoms with E-state index in [1.54, 1.807) is 0 Å². The van der Waals surface area contributed by atoms with Gasteiger partial charge in [0.05, 0.1) is 24.5 Å². The fourth-order valence-corrected chi connectivity index (χ4v) is 2.41. The first-order valence-electron chi connectivity index (χ1n) is 6.32. The van der Waals surface area contributed by atoms with Crippen LogP contribution in [0.4, 0.5) is 5.95 Å². The molecule has 0 spiro atoms. The third kappa shape index (κ3) is 2.11. The van der Waals surface area contributed by atoms with Crippen LogP contribution in [0.2, 0.25) is 0 Å². The van der Waals surface area contributed by atoms with Crippen LogP contribution < -0.4 is 5.73 Å². The highest BCUT2D eigenvalue weighted by atomic mass is 16.5. The van der Waals surface area contributed by atoms with E-state index in [9.17, 15) is 0 Å². The highest BCUT2D eigenvalue weighted by molar-refractivity contribution is 5.60. The smallest absolute Gasteiger partial charge is 0.200 e. The number of ether oxygens (including phenoxy) is 1. The summed E-state index contributed by atoms with van der Waals surface area (Å²) in [5.74, 6) is 0.560. The fraction of sp³-hybridized carbons (Fsp3) is 0.357. The molecule has 0 aliphatic carbocycles. The maximum atomic E-state index is 5.95. The van der Waals surface area contributed by atoms with E-state index in [-0.39, 0.29) is 6.10 Å². The summed E-state index contributed by atoms with van der Waals surface area (Å²) < 4.78 is 7.71. The number of rotatable bonds is 3. The van der Waals surface area contributed by atoms with E-state index in [4.69, 9.17) is 10.5 Å². The summed E-state index contributed by atoms with van der Waals surface area (Å²) in [5, 5.41) is 0. The zero-order valence-electron chi connectivity index (χ0n) is 10.2. The number of hydrogen-bond acceptors (Lipinski definition) is 3. The second kappa shape index (κ2) is 4.82. The first-order chi connectivity index (χ1) is 8.84. The highest BCUT2D eigenvalue weighted by Gasteiger charge is 2.19. The summed E-state index contributed by atoms with van der Waals surface area (Å²) in [4.78, 5) is 4.22. The molecule has 1 atom stereocenters. The molecule has 94 valence electrons. The van der Waals surface area contributed by atoms with E-state index < -0.39 is 0 Å². The van der Waals surface area contributed by atoms with E-state index >= 15 is 0 Å². The van der Waals surface area contributed by atoms with Crippen molar-refractivity contribution in [2.24, 2.45) is 0 Å². The Morgan fingerprint density at radius 3 is 2.89 bits per heavy atom. The molecule has 18 heavy (non-hydrogen) atoms. The predicted molar refractivity (Wildman–Crippen MR) is 71.0 cm³/mol. The summed E-state index contributed by atoms with van der Waals surface area (Å²) in [5.41, 5.74) is 8.15. The van der Waals surface area contributed by atoms with Crippen molar-refractivity contribution in [3.05, 3.63) is 36.5 Å². The van der Waals surface area contributed by atoms with Gasteiger partial charge in [-0.1, -0.05) is 30.3 Å². The second-order valence-corrected chi connectivity index (χ2v) is 4.61. The summed E-state index contributed by atoms with van der Waals surface area (Å²) in [6.45, 7) is 1.65. The Morgan fingerprint density at radius 1 is 1.33 bits per heavy atom. The summed E-state index contributed by atoms with van der Waals surface area (Å²) in [6, 6.07) is 10.2. The van der Waals surface area contributed by atoms with Gasteiger partial charge in [-0.2, -0.15) is 0 Å². The number of nitrogen functional groups attached to an aromatic ring is 1. The van der Waals surface area contributed by atoms with Crippen LogP contribution in [-0.2, 0) is 11.3 Å². The number of aromatic nitrogens is 2. The van der Waals surface area contributed by atoms with Crippen molar-refractivity contribution >= 4 is 5.95 Å². The third-order valence-electron chi connectivity index (χ3n) is 3.37. The molecule has 2 heterocycles. The Hall–Kier alpha value is -1.81. The maximum absolute atomic E-state index is 5.95. The van der Waals surface area contributed by atoms with E-state index in [2.05, 4.69) is 17.1 Å². The van der Waals surface area contributed by atoms with Gasteiger partial charge in [0.15, 0.2) is 0 Å². The van der Waals surface area contributed by atoms with Crippen molar-refractivity contribution in [2.45, 2.75) is 25.5 Å². The Labute approximate surface area is 106 Å². The van der Waals surface area contributed by atoms with Gasteiger partial charge in [0.1, 0.15) is 0 Å². The molecule has 1 aromatic heterocycles. The predicted octanol–water partition coefficient (Wildman–Crippen LogP) is 2.31. The Balaban J connectivity index is 1.91. The molecule has 0 unspecified atom stereocenters. The topological polar surface area (TPSA) is 53.1 Å². The normalized spacial score (nSPS) is 19.2. The van der Waals surface area contributed by atoms with Gasteiger partial charge >= 0.3 is 0 Å². The minimum atomic E-state index is 0.268. The van der Waals surface area contributed by atoms with Crippen LogP contribution in [0.25, 0.3) is 11.3 Å². The molecule has 0 bridgehead atoms. The van der Waals surface area contributed by atoms with Crippen LogP contribution in [0.3, 0.4) is 0 Å². The first kappa shape index (κ1) is 11.3. The van der Waals surface area contributed by atoms with Crippen LogP contribution in [0, 0.1) is 0 Å². The van der Waals surface area contributed by atoms with Crippen molar-refractivity contribution < 1.29 is 4.74 Å². The van der Waals surface area contributed by atoms with Gasteiger partial charge in [-0.25, -0.2) is 4.98 Å². The summed E-state index contributed by atoms with van der Waals surface area (Å²) >= 11 is 0. The fourth-order valence-electron chi connectivity index (χ4n) is 2.41. The summed E-state index contributed by atoms with van der Waals surface area (Å²) in [6.07, 6.45) is 4.34. The first-order valence-corrected chi connectivity index (χ1v) is 6.32. The molecule has 0 radical (unpaired) electrons. The number of imidazole rings is 1. The molecule has 1 aliphatic rings. The Kier molecular flexibility index (Phi) is 3.02. The zero-order valence-corrected chi connectivity index (χ0v) is 10.2. The second-order valence-electron chi connectivity index (χ2n) is 4.61. The van der Waals surface area contributed by atoms with Crippen molar-refractivity contribution in [1.82, 2.24) is 9.55 Å². The van der Waals surface area contributed by atoms with Gasteiger partial charge in [-0.05, 0) is 18.4 Å². The largest absolute Gasteiger partial charge is 0.376 e. The lowest BCUT2D eigenvalue weighted by atomic mass is 10.1. The monoisotopic (exact) mass is 243 g/mol. The molecule has 0 saturated carbocycles. The third-order valence-corrected chi connectivity index (χ3v) is 3.37. The minimum Gasteiger partial charge on any atom is -0.376 e. The van der Waals surface area contributed by atoms with Crippen molar-refractivity contribution in [1.29, 1.82) is 0 Å². The molecule has 1 fully saturated rings. The lowest BCUT2D eigenvalue weighted by Gasteiger charge is -2.14. The number of nitrogens with zero attached hydrogens (tertiary/aromatic N) is 2. The van der Waals surface area contributed by atoms with Gasteiger partial charge in [-0.3, -0.25) is 0 Å². The molecular formula is C14H17N3O. The number of benzene rings is 1. The molecule has 4 heteroatoms. The van der Waals surface area contributed by atoms with Gasteiger partial charge in [-0.15, -0.1) is 0 Å². The quantitative estimate of drug-likeness (QED) is 0.900. The highest BCUT2D eigenvalue weighted by Crippen LogP contribution is 2.24. The van der Waals surface area contributed by atoms with Crippen LogP contribution in [-0.4, -0.2) is 22.3 Å². The molecule has 0 amide bonds. The minimum absolute atomic E-state index is 0.268. The molecule has 2 aromatic rings. The SMILES string of the molecule is Nc1ncc(-c2ccccc2)n1C[C@@H]1CCCO1. The average Bonchev–Trinajstić information content (AvgIpc) is 3.03. The van der Waals surface area contributed by atoms with E-state index in [0.29, 0.717) is 5.95 Å². The molecule has 2 N–H and O–H groups in total. The lowest BCUT2D eigenvalue weighted by Crippen LogP contribution is -2.17. The summed E-state index contributed by atoms with van der Waals surface area (Å²) in [7, 11) is 0. The van der Waals surface area contributed by atoms with E-state index in [1.165, 1.54) is 0 Å². The van der Waals surface area contributed by atoms with Gasteiger partial charge in [0, 0.05) is 6.61 Å². The van der Waals surface area contributed by atoms with Crippen molar-refractivity contribution in [3.63, 3.8) is 0 Å². The van der Waals surface area contributed by atoms with E-state index in [0.717, 1.165) is 37.3 Å². The van der Waals surface area contributed by atoms with Crippen molar-refractivity contribution in [3.8, 4) is 11.3 Å². The molecule has 3 rings (SSSR count). The molecule has 4 nitrogen and oxygen atoms in total. The van der Waals surface area contributed by atoms with Gasteiger partial charge < -0.3 is 15.0 Å². The van der Waals surface area contributed by atoms with Gasteiger partial charge in [0.2, 0.25) is 5.95 Å². The molecule has 1 saturated heterocycles. The number of nitrogens with two attached hydrogens (primary N) is 1. The number of anilines is 1. The molecule has 1 aromatic carbocycles. The van der Waals surface area contributed by atoms with Crippen LogP contribution in [0.5, 0.6) is 0 Å². The Bertz CT molecular complexity index is 515. The maximum Gasteiger partial charge on any atom is 0.200 e. The zero-order chi connectivity index (χ0) is 12.4. The Morgan fingerprint density at radius 2 is 2.17 bits per heavy atom. The molecule has 1 aliphatic heterocycles. The van der Waals surface area contributed by atoms with E-state index in [1.807, 2.05) is 29.0 Å². The van der Waals surface area contributed by atoms with Crippen LogP contribution in [0.1, 0.15) is 12.8 Å². The number of hydrogen-bond donors (Lipinski definition) is 1. The van der Waals surface area contributed by atoms with Crippen molar-refractivity contribution in [2.75, 3.05) is 12.3 Å². The van der Waals surface area contributed by atoms with Crippen LogP contribution >= 0.6 is 0 Å². The van der Waals surface area contributed by atoms with Crippen LogP contribution in [0.15, 0.2) is 36.5 Å². The van der Waals surface area contributed by atoms with Gasteiger partial charge in [0.25, 0.3) is 0 Å². The standard InChI is InChI=1S/C14H17N3O/c15-14-16-9-13(11-5-2-1-3-6-11)17(14)10-12-7-4-8-18-12/h1-3,5-6,9,12H,4,7-8,10H2,(H2,15,16)/t12-/m0/s1. The molecular weight excluding hydrogens is 226 g/mol. The average molecular weight is 243 g/mol.